The lowest BCUT2D eigenvalue weighted by Gasteiger charge is -2.45. The van der Waals surface area contributed by atoms with Gasteiger partial charge in [0.1, 0.15) is 12.6 Å². The van der Waals surface area contributed by atoms with Crippen molar-refractivity contribution in [2.45, 2.75) is 62.6 Å². The molecule has 2 amide bonds. The standard InChI is InChI=1S/C34H39N3O5/c1-37(21-24-12-4-2-5-13-24)34(18-10-3-11-19-34)23-35-32(40)30(20-31(38)39)36-33(41)42-22-29-27-16-8-6-14-25(27)26-15-7-9-17-28(26)29/h2,4-9,12-17,29-30H,3,10-11,18-23H2,1H3,(H,35,40)(H,36,41)(H,38,39). The number of likely N-dealkylation sites (N-methyl/N-ethyl adjacent to an activating group) is 1. The van der Waals surface area contributed by atoms with Crippen molar-refractivity contribution in [1.29, 1.82) is 0 Å². The second-order valence-corrected chi connectivity index (χ2v) is 11.5. The smallest absolute Gasteiger partial charge is 0.407 e. The molecule has 42 heavy (non-hydrogen) atoms. The van der Waals surface area contributed by atoms with Crippen LogP contribution in [0.15, 0.2) is 78.9 Å². The van der Waals surface area contributed by atoms with Crippen LogP contribution in [-0.4, -0.2) is 59.8 Å². The lowest BCUT2D eigenvalue weighted by molar-refractivity contribution is -0.140. The summed E-state index contributed by atoms with van der Waals surface area (Å²) in [4.78, 5) is 40.1. The Balaban J connectivity index is 1.22. The molecule has 0 saturated heterocycles. The summed E-state index contributed by atoms with van der Waals surface area (Å²) in [7, 11) is 2.08. The van der Waals surface area contributed by atoms with Gasteiger partial charge in [0.05, 0.1) is 6.42 Å². The number of hydrogen-bond acceptors (Lipinski definition) is 5. The van der Waals surface area contributed by atoms with Crippen molar-refractivity contribution >= 4 is 18.0 Å². The van der Waals surface area contributed by atoms with Gasteiger partial charge in [-0.25, -0.2) is 4.79 Å². The molecule has 8 nitrogen and oxygen atoms in total. The molecule has 1 unspecified atom stereocenters. The summed E-state index contributed by atoms with van der Waals surface area (Å²) in [5.41, 5.74) is 5.31. The van der Waals surface area contributed by atoms with E-state index in [1.807, 2.05) is 54.6 Å². The largest absolute Gasteiger partial charge is 0.481 e. The molecule has 1 saturated carbocycles. The zero-order valence-electron chi connectivity index (χ0n) is 24.1. The fraction of sp³-hybridized carbons (Fsp3) is 0.382. The first-order valence-corrected chi connectivity index (χ1v) is 14.7. The van der Waals surface area contributed by atoms with E-state index >= 15 is 0 Å². The molecule has 0 radical (unpaired) electrons. The average molecular weight is 570 g/mol. The molecule has 1 fully saturated rings. The monoisotopic (exact) mass is 569 g/mol. The summed E-state index contributed by atoms with van der Waals surface area (Å²) in [5.74, 6) is -1.84. The van der Waals surface area contributed by atoms with Crippen LogP contribution < -0.4 is 10.6 Å². The molecule has 0 heterocycles. The minimum atomic E-state index is -1.25. The third-order valence-corrected chi connectivity index (χ3v) is 8.78. The molecule has 3 aromatic rings. The Kier molecular flexibility index (Phi) is 9.22. The van der Waals surface area contributed by atoms with Crippen LogP contribution in [0, 0.1) is 0 Å². The summed E-state index contributed by atoms with van der Waals surface area (Å²) < 4.78 is 5.59. The van der Waals surface area contributed by atoms with Crippen molar-refractivity contribution in [3.8, 4) is 11.1 Å². The molecule has 0 aliphatic heterocycles. The molecular formula is C34H39N3O5. The van der Waals surface area contributed by atoms with Crippen molar-refractivity contribution in [3.05, 3.63) is 95.6 Å². The van der Waals surface area contributed by atoms with E-state index in [1.54, 1.807) is 0 Å². The number of ether oxygens (including phenoxy) is 1. The average Bonchev–Trinajstić information content (AvgIpc) is 3.33. The van der Waals surface area contributed by atoms with Crippen LogP contribution in [0.1, 0.15) is 61.1 Å². The van der Waals surface area contributed by atoms with E-state index in [0.29, 0.717) is 6.54 Å². The van der Waals surface area contributed by atoms with Gasteiger partial charge in [0.25, 0.3) is 0 Å². The van der Waals surface area contributed by atoms with Crippen molar-refractivity contribution in [2.75, 3.05) is 20.2 Å². The fourth-order valence-electron chi connectivity index (χ4n) is 6.47. The topological polar surface area (TPSA) is 108 Å². The molecule has 3 N–H and O–H groups in total. The van der Waals surface area contributed by atoms with E-state index in [2.05, 4.69) is 46.8 Å². The van der Waals surface area contributed by atoms with Crippen LogP contribution in [-0.2, 0) is 20.9 Å². The number of carboxylic acids is 1. The highest BCUT2D eigenvalue weighted by Gasteiger charge is 2.37. The van der Waals surface area contributed by atoms with Gasteiger partial charge in [-0.2, -0.15) is 0 Å². The maximum atomic E-state index is 13.3. The van der Waals surface area contributed by atoms with Gasteiger partial charge in [0.15, 0.2) is 0 Å². The normalized spacial score (nSPS) is 16.2. The molecule has 2 aliphatic rings. The third-order valence-electron chi connectivity index (χ3n) is 8.78. The van der Waals surface area contributed by atoms with Crippen molar-refractivity contribution < 1.29 is 24.2 Å². The molecule has 1 atom stereocenters. The van der Waals surface area contributed by atoms with Crippen LogP contribution >= 0.6 is 0 Å². The van der Waals surface area contributed by atoms with Crippen molar-refractivity contribution in [3.63, 3.8) is 0 Å². The Morgan fingerprint density at radius 1 is 0.905 bits per heavy atom. The first-order chi connectivity index (χ1) is 20.4. The first kappa shape index (κ1) is 29.3. The van der Waals surface area contributed by atoms with E-state index in [-0.39, 0.29) is 18.1 Å². The fourth-order valence-corrected chi connectivity index (χ4v) is 6.47. The predicted octanol–water partition coefficient (Wildman–Crippen LogP) is 5.32. The molecule has 220 valence electrons. The lowest BCUT2D eigenvalue weighted by Crippen LogP contribution is -2.57. The van der Waals surface area contributed by atoms with Crippen LogP contribution in [0.2, 0.25) is 0 Å². The number of rotatable bonds is 11. The number of nitrogens with zero attached hydrogens (tertiary/aromatic N) is 1. The number of hydrogen-bond donors (Lipinski definition) is 3. The molecule has 2 aliphatic carbocycles. The zero-order chi connectivity index (χ0) is 29.5. The summed E-state index contributed by atoms with van der Waals surface area (Å²) in [6.45, 7) is 1.19. The van der Waals surface area contributed by atoms with E-state index in [1.165, 1.54) is 5.56 Å². The summed E-state index contributed by atoms with van der Waals surface area (Å²) in [5, 5.41) is 15.0. The Labute approximate surface area is 247 Å². The van der Waals surface area contributed by atoms with Crippen LogP contribution in [0.4, 0.5) is 4.79 Å². The second kappa shape index (κ2) is 13.2. The van der Waals surface area contributed by atoms with Crippen LogP contribution in [0.25, 0.3) is 11.1 Å². The molecule has 0 aromatic heterocycles. The molecular weight excluding hydrogens is 530 g/mol. The minimum absolute atomic E-state index is 0.0780. The Morgan fingerprint density at radius 2 is 1.50 bits per heavy atom. The minimum Gasteiger partial charge on any atom is -0.481 e. The molecule has 8 heteroatoms. The zero-order valence-corrected chi connectivity index (χ0v) is 24.1. The highest BCUT2D eigenvalue weighted by atomic mass is 16.5. The third kappa shape index (κ3) is 6.65. The number of fused-ring (bicyclic) bond motifs is 3. The number of carboxylic acid groups (broad SMARTS) is 1. The van der Waals surface area contributed by atoms with Gasteiger partial charge in [-0.3, -0.25) is 14.5 Å². The Bertz CT molecular complexity index is 1360. The van der Waals surface area contributed by atoms with E-state index < -0.39 is 30.4 Å². The molecule has 0 spiro atoms. The van der Waals surface area contributed by atoms with Crippen LogP contribution in [0.5, 0.6) is 0 Å². The van der Waals surface area contributed by atoms with Crippen LogP contribution in [0.3, 0.4) is 0 Å². The Morgan fingerprint density at radius 3 is 2.12 bits per heavy atom. The molecule has 0 bridgehead atoms. The molecule has 3 aromatic carbocycles. The summed E-state index contributed by atoms with van der Waals surface area (Å²) in [6.07, 6.45) is 3.78. The lowest BCUT2D eigenvalue weighted by atomic mass is 9.80. The van der Waals surface area contributed by atoms with Gasteiger partial charge in [-0.05, 0) is 47.7 Å². The maximum Gasteiger partial charge on any atom is 0.407 e. The van der Waals surface area contributed by atoms with Gasteiger partial charge in [-0.1, -0.05) is 98.1 Å². The molecule has 5 rings (SSSR count). The van der Waals surface area contributed by atoms with Gasteiger partial charge >= 0.3 is 12.1 Å². The quantitative estimate of drug-likeness (QED) is 0.289. The van der Waals surface area contributed by atoms with E-state index in [4.69, 9.17) is 4.74 Å². The number of carbonyl (C=O) groups is 3. The number of carbonyl (C=O) groups excluding carboxylic acids is 2. The number of benzene rings is 3. The number of amides is 2. The first-order valence-electron chi connectivity index (χ1n) is 14.7. The summed E-state index contributed by atoms with van der Waals surface area (Å²) >= 11 is 0. The second-order valence-electron chi connectivity index (χ2n) is 11.5. The highest BCUT2D eigenvalue weighted by molar-refractivity contribution is 5.89. The number of alkyl carbamates (subject to hydrolysis) is 1. The van der Waals surface area contributed by atoms with E-state index in [9.17, 15) is 19.5 Å². The van der Waals surface area contributed by atoms with E-state index in [0.717, 1.165) is 60.9 Å². The maximum absolute atomic E-state index is 13.3. The van der Waals surface area contributed by atoms with Crippen molar-refractivity contribution in [1.82, 2.24) is 15.5 Å². The number of aliphatic carboxylic acids is 1. The predicted molar refractivity (Wildman–Crippen MR) is 161 cm³/mol. The number of nitrogens with one attached hydrogen (secondary N) is 2. The highest BCUT2D eigenvalue weighted by Crippen LogP contribution is 2.44. The van der Waals surface area contributed by atoms with Gasteiger partial charge in [0.2, 0.25) is 5.91 Å². The SMILES string of the molecule is CN(Cc1ccccc1)C1(CNC(=O)C(CC(=O)O)NC(=O)OCC2c3ccccc3-c3ccccc32)CCCCC1. The van der Waals surface area contributed by atoms with Crippen molar-refractivity contribution in [2.24, 2.45) is 0 Å². The van der Waals surface area contributed by atoms with Gasteiger partial charge in [-0.15, -0.1) is 0 Å². The Hall–Kier alpha value is -4.17. The van der Waals surface area contributed by atoms with Gasteiger partial charge < -0.3 is 20.5 Å². The summed E-state index contributed by atoms with van der Waals surface area (Å²) in [6, 6.07) is 25.0. The van der Waals surface area contributed by atoms with Gasteiger partial charge in [0, 0.05) is 24.5 Å².